The van der Waals surface area contributed by atoms with Gasteiger partial charge >= 0.3 is 0 Å². The van der Waals surface area contributed by atoms with Crippen molar-refractivity contribution in [2.45, 2.75) is 31.7 Å². The molecule has 0 spiro atoms. The van der Waals surface area contributed by atoms with Crippen LogP contribution in [-0.4, -0.2) is 18.6 Å². The lowest BCUT2D eigenvalue weighted by Gasteiger charge is -2.12. The second-order valence-corrected chi connectivity index (χ2v) is 7.76. The van der Waals surface area contributed by atoms with Crippen molar-refractivity contribution in [3.63, 3.8) is 0 Å². The van der Waals surface area contributed by atoms with E-state index in [0.717, 1.165) is 5.56 Å². The van der Waals surface area contributed by atoms with Gasteiger partial charge in [-0.3, -0.25) is 0 Å². The number of aromatic nitrogens is 2. The topological polar surface area (TPSA) is 85.1 Å². The molecule has 1 unspecified atom stereocenters. The summed E-state index contributed by atoms with van der Waals surface area (Å²) in [6, 6.07) is 10.0. The highest BCUT2D eigenvalue weighted by atomic mass is 32.2. The molecule has 0 bridgehead atoms. The van der Waals surface area contributed by atoms with E-state index >= 15 is 0 Å². The molecule has 3 aromatic rings. The van der Waals surface area contributed by atoms with Crippen molar-refractivity contribution in [3.05, 3.63) is 65.3 Å². The Bertz CT molecular complexity index is 1030. The molecule has 6 nitrogen and oxygen atoms in total. The molecule has 3 rings (SSSR count). The average molecular weight is 375 g/mol. The van der Waals surface area contributed by atoms with Gasteiger partial charge in [-0.05, 0) is 56.7 Å². The van der Waals surface area contributed by atoms with E-state index in [4.69, 9.17) is 4.52 Å². The smallest absolute Gasteiger partial charge is 0.244 e. The number of hydrogen-bond acceptors (Lipinski definition) is 5. The number of nitrogens with one attached hydrogen (secondary N) is 1. The van der Waals surface area contributed by atoms with E-state index in [9.17, 15) is 12.8 Å². The third-order valence-corrected chi connectivity index (χ3v) is 5.57. The first-order valence-electron chi connectivity index (χ1n) is 7.95. The molecule has 2 aromatic carbocycles. The van der Waals surface area contributed by atoms with Gasteiger partial charge in [0, 0.05) is 5.56 Å². The first-order valence-corrected chi connectivity index (χ1v) is 9.44. The molecule has 1 aromatic heterocycles. The number of benzene rings is 2. The lowest BCUT2D eigenvalue weighted by molar-refractivity contribution is 0.354. The molecule has 0 aliphatic carbocycles. The Hall–Kier alpha value is -2.58. The normalized spacial score (nSPS) is 12.9. The largest absolute Gasteiger partial charge is 0.337 e. The number of aryl methyl sites for hydroxylation is 2. The van der Waals surface area contributed by atoms with E-state index in [-0.39, 0.29) is 22.4 Å². The number of nitrogens with zero attached hydrogens (tertiary/aromatic N) is 2. The second kappa shape index (κ2) is 6.97. The van der Waals surface area contributed by atoms with Crippen molar-refractivity contribution < 1.29 is 17.3 Å². The quantitative estimate of drug-likeness (QED) is 0.737. The molecule has 0 aliphatic rings. The van der Waals surface area contributed by atoms with E-state index in [2.05, 4.69) is 14.9 Å². The number of sulfonamides is 1. The molecule has 0 aliphatic heterocycles. The number of hydrogen-bond donors (Lipinski definition) is 1. The van der Waals surface area contributed by atoms with Crippen molar-refractivity contribution in [1.29, 1.82) is 0 Å². The molecule has 0 saturated carbocycles. The van der Waals surface area contributed by atoms with Crippen molar-refractivity contribution in [3.8, 4) is 11.4 Å². The Labute approximate surface area is 151 Å². The summed E-state index contributed by atoms with van der Waals surface area (Å²) in [5, 5.41) is 3.83. The molecule has 1 N–H and O–H groups in total. The van der Waals surface area contributed by atoms with E-state index < -0.39 is 16.1 Å². The highest BCUT2D eigenvalue weighted by molar-refractivity contribution is 7.89. The summed E-state index contributed by atoms with van der Waals surface area (Å²) < 4.78 is 45.9. The highest BCUT2D eigenvalue weighted by Crippen LogP contribution is 2.22. The van der Waals surface area contributed by atoms with Crippen molar-refractivity contribution in [1.82, 2.24) is 14.9 Å². The average Bonchev–Trinajstić information content (AvgIpc) is 3.05. The van der Waals surface area contributed by atoms with Gasteiger partial charge in [-0.15, -0.1) is 0 Å². The van der Waals surface area contributed by atoms with Gasteiger partial charge in [0.15, 0.2) is 0 Å². The van der Waals surface area contributed by atoms with Crippen LogP contribution in [0.1, 0.15) is 30.0 Å². The fraction of sp³-hybridized carbons (Fsp3) is 0.222. The van der Waals surface area contributed by atoms with Gasteiger partial charge < -0.3 is 4.52 Å². The van der Waals surface area contributed by atoms with Crippen LogP contribution in [-0.2, 0) is 10.0 Å². The Morgan fingerprint density at radius 1 is 1.12 bits per heavy atom. The Morgan fingerprint density at radius 2 is 1.81 bits per heavy atom. The summed E-state index contributed by atoms with van der Waals surface area (Å²) in [5.41, 5.74) is 2.21. The van der Waals surface area contributed by atoms with Gasteiger partial charge in [0.1, 0.15) is 5.82 Å². The predicted octanol–water partition coefficient (Wildman–Crippen LogP) is 3.53. The third kappa shape index (κ3) is 3.81. The molecule has 0 radical (unpaired) electrons. The maximum absolute atomic E-state index is 13.0. The Morgan fingerprint density at radius 3 is 2.46 bits per heavy atom. The summed E-state index contributed by atoms with van der Waals surface area (Å²) in [4.78, 5) is 4.40. The molecule has 1 heterocycles. The minimum atomic E-state index is -3.74. The van der Waals surface area contributed by atoms with Crippen LogP contribution >= 0.6 is 0 Å². The van der Waals surface area contributed by atoms with Crippen LogP contribution in [0.4, 0.5) is 4.39 Å². The van der Waals surface area contributed by atoms with Crippen molar-refractivity contribution >= 4 is 10.0 Å². The van der Waals surface area contributed by atoms with Gasteiger partial charge in [0.25, 0.3) is 0 Å². The monoisotopic (exact) mass is 375 g/mol. The van der Waals surface area contributed by atoms with Gasteiger partial charge in [0.2, 0.25) is 21.7 Å². The minimum Gasteiger partial charge on any atom is -0.337 e. The standard InChI is InChI=1S/C18H18FN3O3S/c1-11-4-9-16(12(2)10-11)26(23,24)22-13(3)18-20-17(21-25-18)14-5-7-15(19)8-6-14/h4-10,13,22H,1-3H3. The molecule has 0 fully saturated rings. The maximum Gasteiger partial charge on any atom is 0.244 e. The molecular formula is C18H18FN3O3S. The number of rotatable bonds is 5. The molecule has 8 heteroatoms. The molecule has 26 heavy (non-hydrogen) atoms. The van der Waals surface area contributed by atoms with Crippen LogP contribution in [0.2, 0.25) is 0 Å². The number of halogens is 1. The highest BCUT2D eigenvalue weighted by Gasteiger charge is 2.24. The molecule has 1 atom stereocenters. The lowest BCUT2D eigenvalue weighted by atomic mass is 10.2. The Balaban J connectivity index is 1.81. The second-order valence-electron chi connectivity index (χ2n) is 6.08. The van der Waals surface area contributed by atoms with E-state index in [1.165, 1.54) is 24.3 Å². The van der Waals surface area contributed by atoms with Gasteiger partial charge in [-0.1, -0.05) is 22.9 Å². The summed E-state index contributed by atoms with van der Waals surface area (Å²) in [6.07, 6.45) is 0. The van der Waals surface area contributed by atoms with Crippen LogP contribution in [0.15, 0.2) is 51.9 Å². The zero-order valence-corrected chi connectivity index (χ0v) is 15.3. The summed E-state index contributed by atoms with van der Waals surface area (Å²) in [6.45, 7) is 5.25. The lowest BCUT2D eigenvalue weighted by Crippen LogP contribution is -2.27. The third-order valence-electron chi connectivity index (χ3n) is 3.87. The van der Waals surface area contributed by atoms with Crippen LogP contribution < -0.4 is 4.72 Å². The maximum atomic E-state index is 13.0. The summed E-state index contributed by atoms with van der Waals surface area (Å²) in [7, 11) is -3.74. The van der Waals surface area contributed by atoms with Crippen molar-refractivity contribution in [2.24, 2.45) is 0 Å². The van der Waals surface area contributed by atoms with Gasteiger partial charge in [-0.2, -0.15) is 9.71 Å². The first-order chi connectivity index (χ1) is 12.3. The summed E-state index contributed by atoms with van der Waals surface area (Å²) >= 11 is 0. The van der Waals surface area contributed by atoms with Crippen LogP contribution in [0.5, 0.6) is 0 Å². The Kier molecular flexibility index (Phi) is 4.88. The zero-order chi connectivity index (χ0) is 18.9. The van der Waals surface area contributed by atoms with Crippen LogP contribution in [0.25, 0.3) is 11.4 Å². The van der Waals surface area contributed by atoms with Crippen LogP contribution in [0, 0.1) is 19.7 Å². The van der Waals surface area contributed by atoms with Crippen molar-refractivity contribution in [2.75, 3.05) is 0 Å². The fourth-order valence-electron chi connectivity index (χ4n) is 2.57. The summed E-state index contributed by atoms with van der Waals surface area (Å²) in [5.74, 6) is 0.0160. The SMILES string of the molecule is Cc1ccc(S(=O)(=O)NC(C)c2nc(-c3ccc(F)cc3)no2)c(C)c1. The predicted molar refractivity (Wildman–Crippen MR) is 94.3 cm³/mol. The van der Waals surface area contributed by atoms with Gasteiger partial charge in [-0.25, -0.2) is 12.8 Å². The molecule has 0 saturated heterocycles. The zero-order valence-electron chi connectivity index (χ0n) is 14.5. The first kappa shape index (κ1) is 18.2. The van der Waals surface area contributed by atoms with E-state index in [0.29, 0.717) is 11.1 Å². The van der Waals surface area contributed by atoms with Gasteiger partial charge in [0.05, 0.1) is 10.9 Å². The van der Waals surface area contributed by atoms with E-state index in [1.54, 1.807) is 32.0 Å². The molecular weight excluding hydrogens is 357 g/mol. The molecule has 0 amide bonds. The fourth-order valence-corrected chi connectivity index (χ4v) is 4.00. The van der Waals surface area contributed by atoms with Crippen LogP contribution in [0.3, 0.4) is 0 Å². The molecule has 136 valence electrons. The van der Waals surface area contributed by atoms with E-state index in [1.807, 2.05) is 6.92 Å². The minimum absolute atomic E-state index is 0.123.